The van der Waals surface area contributed by atoms with Crippen LogP contribution in [-0.2, 0) is 0 Å². The van der Waals surface area contributed by atoms with E-state index in [1.54, 1.807) is 42.2 Å². The van der Waals surface area contributed by atoms with Crippen molar-refractivity contribution in [3.05, 3.63) is 58.4 Å². The molecule has 0 atom stereocenters. The Hall–Kier alpha value is -2.07. The van der Waals surface area contributed by atoms with Crippen molar-refractivity contribution in [2.75, 3.05) is 24.3 Å². The molecular weight excluding hydrogens is 291 g/mol. The van der Waals surface area contributed by atoms with Gasteiger partial charge < -0.3 is 10.2 Å². The first kappa shape index (κ1) is 15.3. The van der Waals surface area contributed by atoms with Crippen LogP contribution in [-0.4, -0.2) is 20.0 Å². The second kappa shape index (κ2) is 6.14. The van der Waals surface area contributed by atoms with E-state index in [0.717, 1.165) is 0 Å². The molecule has 0 heterocycles. The van der Waals surface area contributed by atoms with Gasteiger partial charge in [-0.2, -0.15) is 0 Å². The van der Waals surface area contributed by atoms with E-state index in [2.05, 4.69) is 5.32 Å². The summed E-state index contributed by atoms with van der Waals surface area (Å²) in [5.74, 6) is -1.01. The molecule has 0 spiro atoms. The average Bonchev–Trinajstić information content (AvgIpc) is 2.41. The first-order valence-electron chi connectivity index (χ1n) is 6.44. The Balaban J connectivity index is 2.37. The van der Waals surface area contributed by atoms with Crippen LogP contribution in [0.4, 0.5) is 15.8 Å². The fourth-order valence-electron chi connectivity index (χ4n) is 2.08. The summed E-state index contributed by atoms with van der Waals surface area (Å²) in [5.41, 5.74) is 1.67. The largest absolute Gasteiger partial charge is 0.375 e. The van der Waals surface area contributed by atoms with Crippen LogP contribution < -0.4 is 10.2 Å². The van der Waals surface area contributed by atoms with Gasteiger partial charge in [-0.3, -0.25) is 4.79 Å². The number of hydrogen-bond acceptors (Lipinski definition) is 2. The molecular formula is C16H16ClFN2O. The molecule has 0 fully saturated rings. The highest BCUT2D eigenvalue weighted by Gasteiger charge is 2.16. The van der Waals surface area contributed by atoms with Gasteiger partial charge in [-0.05, 0) is 30.7 Å². The van der Waals surface area contributed by atoms with E-state index >= 15 is 0 Å². The van der Waals surface area contributed by atoms with Crippen molar-refractivity contribution in [1.29, 1.82) is 0 Å². The molecule has 0 aliphatic heterocycles. The maximum Gasteiger partial charge on any atom is 0.258 e. The maximum absolute atomic E-state index is 14.0. The van der Waals surface area contributed by atoms with Crippen LogP contribution in [0.25, 0.3) is 0 Å². The number of benzene rings is 2. The van der Waals surface area contributed by atoms with Crippen LogP contribution in [0.15, 0.2) is 36.4 Å². The zero-order valence-electron chi connectivity index (χ0n) is 12.1. The number of aryl methyl sites for hydroxylation is 1. The minimum Gasteiger partial charge on any atom is -0.375 e. The Morgan fingerprint density at radius 2 is 1.86 bits per heavy atom. The molecule has 2 rings (SSSR count). The zero-order chi connectivity index (χ0) is 15.6. The van der Waals surface area contributed by atoms with Gasteiger partial charge in [-0.1, -0.05) is 29.8 Å². The summed E-state index contributed by atoms with van der Waals surface area (Å²) in [4.78, 5) is 14.1. The quantitative estimate of drug-likeness (QED) is 0.925. The molecule has 0 aliphatic carbocycles. The van der Waals surface area contributed by atoms with Gasteiger partial charge in [-0.15, -0.1) is 0 Å². The molecule has 0 unspecified atom stereocenters. The standard InChI is InChI=1S/C16H16ClFN2O/c1-10-6-4-7-11(14(10)18)16(21)19-13-9-5-8-12(17)15(13)20(2)3/h4-9H,1-3H3,(H,19,21). The van der Waals surface area contributed by atoms with Gasteiger partial charge >= 0.3 is 0 Å². The van der Waals surface area contributed by atoms with Crippen LogP contribution >= 0.6 is 11.6 Å². The Kier molecular flexibility index (Phi) is 4.48. The van der Waals surface area contributed by atoms with E-state index in [1.165, 1.54) is 6.07 Å². The number of rotatable bonds is 3. The van der Waals surface area contributed by atoms with Crippen molar-refractivity contribution in [2.45, 2.75) is 6.92 Å². The molecule has 1 amide bonds. The maximum atomic E-state index is 14.0. The number of nitrogens with one attached hydrogen (secondary N) is 1. The summed E-state index contributed by atoms with van der Waals surface area (Å²) in [5, 5.41) is 3.23. The van der Waals surface area contributed by atoms with Crippen molar-refractivity contribution >= 4 is 28.9 Å². The lowest BCUT2D eigenvalue weighted by Crippen LogP contribution is -2.18. The summed E-state index contributed by atoms with van der Waals surface area (Å²) in [6.07, 6.45) is 0. The molecule has 110 valence electrons. The number of amides is 1. The highest BCUT2D eigenvalue weighted by molar-refractivity contribution is 6.34. The molecule has 0 bridgehead atoms. The average molecular weight is 307 g/mol. The predicted octanol–water partition coefficient (Wildman–Crippen LogP) is 4.11. The summed E-state index contributed by atoms with van der Waals surface area (Å²) in [6, 6.07) is 9.93. The molecule has 2 aromatic carbocycles. The van der Waals surface area contributed by atoms with E-state index in [-0.39, 0.29) is 5.56 Å². The molecule has 0 aromatic heterocycles. The van der Waals surface area contributed by atoms with Crippen molar-refractivity contribution in [1.82, 2.24) is 0 Å². The number of anilines is 2. The Morgan fingerprint density at radius 3 is 2.52 bits per heavy atom. The molecule has 0 saturated carbocycles. The van der Waals surface area contributed by atoms with Gasteiger partial charge in [0.15, 0.2) is 0 Å². The van der Waals surface area contributed by atoms with E-state index in [4.69, 9.17) is 11.6 Å². The topological polar surface area (TPSA) is 32.3 Å². The fraction of sp³-hybridized carbons (Fsp3) is 0.188. The van der Waals surface area contributed by atoms with Crippen molar-refractivity contribution < 1.29 is 9.18 Å². The third-order valence-corrected chi connectivity index (χ3v) is 3.42. The third kappa shape index (κ3) is 3.16. The molecule has 0 aliphatic rings. The molecule has 0 radical (unpaired) electrons. The van der Waals surface area contributed by atoms with E-state index in [9.17, 15) is 9.18 Å². The molecule has 0 saturated heterocycles. The molecule has 1 N–H and O–H groups in total. The number of carbonyl (C=O) groups is 1. The van der Waals surface area contributed by atoms with Crippen LogP contribution in [0.3, 0.4) is 0 Å². The number of para-hydroxylation sites is 1. The van der Waals surface area contributed by atoms with Crippen LogP contribution in [0.2, 0.25) is 5.02 Å². The van der Waals surface area contributed by atoms with Gasteiger partial charge in [0.05, 0.1) is 22.0 Å². The Morgan fingerprint density at radius 1 is 1.19 bits per heavy atom. The van der Waals surface area contributed by atoms with E-state index in [0.29, 0.717) is 22.0 Å². The van der Waals surface area contributed by atoms with Crippen LogP contribution in [0.1, 0.15) is 15.9 Å². The van der Waals surface area contributed by atoms with Crippen LogP contribution in [0.5, 0.6) is 0 Å². The second-order valence-electron chi connectivity index (χ2n) is 4.92. The van der Waals surface area contributed by atoms with Crippen LogP contribution in [0, 0.1) is 12.7 Å². The SMILES string of the molecule is Cc1cccc(C(=O)Nc2cccc(Cl)c2N(C)C)c1F. The lowest BCUT2D eigenvalue weighted by Gasteiger charge is -2.19. The van der Waals surface area contributed by atoms with Gasteiger partial charge in [-0.25, -0.2) is 4.39 Å². The monoisotopic (exact) mass is 306 g/mol. The minimum absolute atomic E-state index is 0.0136. The lowest BCUT2D eigenvalue weighted by atomic mass is 10.1. The molecule has 21 heavy (non-hydrogen) atoms. The van der Waals surface area contributed by atoms with Crippen molar-refractivity contribution in [3.63, 3.8) is 0 Å². The summed E-state index contributed by atoms with van der Waals surface area (Å²) < 4.78 is 14.0. The summed E-state index contributed by atoms with van der Waals surface area (Å²) >= 11 is 6.14. The van der Waals surface area contributed by atoms with Crippen molar-refractivity contribution in [2.24, 2.45) is 0 Å². The highest BCUT2D eigenvalue weighted by Crippen LogP contribution is 2.32. The number of nitrogens with zero attached hydrogens (tertiary/aromatic N) is 1. The Labute approximate surface area is 128 Å². The first-order chi connectivity index (χ1) is 9.91. The van der Waals surface area contributed by atoms with Gasteiger partial charge in [0, 0.05) is 14.1 Å². The number of carbonyl (C=O) groups excluding carboxylic acids is 1. The summed E-state index contributed by atoms with van der Waals surface area (Å²) in [6.45, 7) is 1.62. The van der Waals surface area contributed by atoms with E-state index < -0.39 is 11.7 Å². The van der Waals surface area contributed by atoms with Gasteiger partial charge in [0.25, 0.3) is 5.91 Å². The zero-order valence-corrected chi connectivity index (χ0v) is 12.8. The second-order valence-corrected chi connectivity index (χ2v) is 5.33. The summed E-state index contributed by atoms with van der Waals surface area (Å²) in [7, 11) is 3.65. The smallest absolute Gasteiger partial charge is 0.258 e. The minimum atomic E-state index is -0.511. The predicted molar refractivity (Wildman–Crippen MR) is 84.9 cm³/mol. The first-order valence-corrected chi connectivity index (χ1v) is 6.82. The number of halogens is 2. The molecule has 2 aromatic rings. The Bertz CT molecular complexity index is 686. The fourth-order valence-corrected chi connectivity index (χ4v) is 2.43. The van der Waals surface area contributed by atoms with E-state index in [1.807, 2.05) is 14.1 Å². The van der Waals surface area contributed by atoms with Gasteiger partial charge in [0.1, 0.15) is 5.82 Å². The highest BCUT2D eigenvalue weighted by atomic mass is 35.5. The molecule has 5 heteroatoms. The normalized spacial score (nSPS) is 10.3. The lowest BCUT2D eigenvalue weighted by molar-refractivity contribution is 0.102. The third-order valence-electron chi connectivity index (χ3n) is 3.12. The van der Waals surface area contributed by atoms with Gasteiger partial charge in [0.2, 0.25) is 0 Å². The number of hydrogen-bond donors (Lipinski definition) is 1. The molecule has 3 nitrogen and oxygen atoms in total. The van der Waals surface area contributed by atoms with Crippen molar-refractivity contribution in [3.8, 4) is 0 Å².